The molecule has 118 valence electrons. The Morgan fingerprint density at radius 1 is 1.14 bits per heavy atom. The van der Waals surface area contributed by atoms with Crippen LogP contribution < -0.4 is 0 Å². The van der Waals surface area contributed by atoms with Gasteiger partial charge in [0.05, 0.1) is 4.92 Å². The highest BCUT2D eigenvalue weighted by Crippen LogP contribution is 2.26. The zero-order chi connectivity index (χ0) is 15.9. The lowest BCUT2D eigenvalue weighted by atomic mass is 10.2. The first-order valence-corrected chi connectivity index (χ1v) is 8.62. The molecule has 0 atom stereocenters. The van der Waals surface area contributed by atoms with E-state index in [0.717, 1.165) is 25.7 Å². The van der Waals surface area contributed by atoms with Crippen molar-refractivity contribution in [1.82, 2.24) is 4.31 Å². The summed E-state index contributed by atoms with van der Waals surface area (Å²) in [5, 5.41) is 11.0. The van der Waals surface area contributed by atoms with Crippen LogP contribution in [-0.2, 0) is 10.0 Å². The van der Waals surface area contributed by atoms with Crippen molar-refractivity contribution in [3.8, 4) is 0 Å². The number of para-hydroxylation sites is 1. The molecule has 0 amide bonds. The molecule has 6 nitrogen and oxygen atoms in total. The van der Waals surface area contributed by atoms with Gasteiger partial charge in [0.2, 0.25) is 10.0 Å². The van der Waals surface area contributed by atoms with Crippen molar-refractivity contribution < 1.29 is 13.3 Å². The molecule has 1 aromatic carbocycles. The third kappa shape index (κ3) is 4.50. The average molecular weight is 314 g/mol. The van der Waals surface area contributed by atoms with Crippen LogP contribution in [0.5, 0.6) is 0 Å². The van der Waals surface area contributed by atoms with Crippen molar-refractivity contribution in [3.63, 3.8) is 0 Å². The molecule has 1 aromatic rings. The van der Waals surface area contributed by atoms with Crippen molar-refractivity contribution in [2.75, 3.05) is 13.1 Å². The Morgan fingerprint density at radius 2 is 1.81 bits per heavy atom. The van der Waals surface area contributed by atoms with E-state index in [2.05, 4.69) is 6.92 Å². The molecule has 0 aromatic heterocycles. The molecule has 7 heteroatoms. The van der Waals surface area contributed by atoms with Gasteiger partial charge in [0.15, 0.2) is 4.90 Å². The predicted octanol–water partition coefficient (Wildman–Crippen LogP) is 3.19. The fourth-order valence-corrected chi connectivity index (χ4v) is 3.77. The summed E-state index contributed by atoms with van der Waals surface area (Å²) in [7, 11) is -3.82. The minimum Gasteiger partial charge on any atom is -0.258 e. The maximum atomic E-state index is 12.6. The van der Waals surface area contributed by atoms with E-state index in [1.807, 2.05) is 0 Å². The molecular weight excluding hydrogens is 292 g/mol. The topological polar surface area (TPSA) is 80.5 Å². The van der Waals surface area contributed by atoms with E-state index in [1.165, 1.54) is 28.6 Å². The predicted molar refractivity (Wildman–Crippen MR) is 81.7 cm³/mol. The number of sulfonamides is 1. The van der Waals surface area contributed by atoms with Gasteiger partial charge < -0.3 is 0 Å². The number of nitrogens with zero attached hydrogens (tertiary/aromatic N) is 2. The van der Waals surface area contributed by atoms with Crippen LogP contribution in [0.3, 0.4) is 0 Å². The number of hydrogen-bond acceptors (Lipinski definition) is 4. The van der Waals surface area contributed by atoms with E-state index < -0.39 is 14.9 Å². The SMILES string of the molecule is CCCCCCN(CC)S(=O)(=O)c1ccccc1[N+](=O)[O-]. The number of nitro benzene ring substituents is 1. The highest BCUT2D eigenvalue weighted by atomic mass is 32.2. The molecule has 0 aliphatic rings. The Morgan fingerprint density at radius 3 is 2.38 bits per heavy atom. The molecule has 21 heavy (non-hydrogen) atoms. The van der Waals surface area contributed by atoms with E-state index in [-0.39, 0.29) is 10.6 Å². The van der Waals surface area contributed by atoms with Gasteiger partial charge in [0.1, 0.15) is 0 Å². The van der Waals surface area contributed by atoms with Gasteiger partial charge in [0.25, 0.3) is 5.69 Å². The summed E-state index contributed by atoms with van der Waals surface area (Å²) in [6.45, 7) is 4.53. The van der Waals surface area contributed by atoms with Gasteiger partial charge in [-0.15, -0.1) is 0 Å². The summed E-state index contributed by atoms with van der Waals surface area (Å²) in [5.74, 6) is 0. The van der Waals surface area contributed by atoms with E-state index in [9.17, 15) is 18.5 Å². The second-order valence-electron chi connectivity index (χ2n) is 4.78. The second-order valence-corrected chi connectivity index (χ2v) is 6.69. The van der Waals surface area contributed by atoms with Gasteiger partial charge in [-0.25, -0.2) is 8.42 Å². The third-order valence-electron chi connectivity index (χ3n) is 3.29. The molecule has 0 fully saturated rings. The first-order valence-electron chi connectivity index (χ1n) is 7.18. The monoisotopic (exact) mass is 314 g/mol. The molecular formula is C14H22N2O4S. The zero-order valence-electron chi connectivity index (χ0n) is 12.5. The minimum absolute atomic E-state index is 0.229. The van der Waals surface area contributed by atoms with E-state index >= 15 is 0 Å². The molecule has 0 saturated carbocycles. The van der Waals surface area contributed by atoms with Crippen molar-refractivity contribution >= 4 is 15.7 Å². The van der Waals surface area contributed by atoms with E-state index in [1.54, 1.807) is 6.92 Å². The molecule has 1 rings (SSSR count). The van der Waals surface area contributed by atoms with Crippen molar-refractivity contribution in [1.29, 1.82) is 0 Å². The van der Waals surface area contributed by atoms with Gasteiger partial charge in [0, 0.05) is 19.2 Å². The van der Waals surface area contributed by atoms with Crippen molar-refractivity contribution in [3.05, 3.63) is 34.4 Å². The zero-order valence-corrected chi connectivity index (χ0v) is 13.3. The van der Waals surface area contributed by atoms with Crippen LogP contribution in [0.1, 0.15) is 39.5 Å². The molecule has 0 spiro atoms. The Balaban J connectivity index is 3.00. The molecule has 0 bridgehead atoms. The lowest BCUT2D eigenvalue weighted by molar-refractivity contribution is -0.387. The number of rotatable bonds is 9. The average Bonchev–Trinajstić information content (AvgIpc) is 2.47. The minimum atomic E-state index is -3.82. The summed E-state index contributed by atoms with van der Waals surface area (Å²) in [4.78, 5) is 10.1. The standard InChI is InChI=1S/C14H22N2O4S/c1-3-5-6-9-12-15(4-2)21(19,20)14-11-8-7-10-13(14)16(17)18/h7-8,10-11H,3-6,9,12H2,1-2H3. The molecule has 0 aliphatic heterocycles. The second kappa shape index (κ2) is 8.09. The van der Waals surface area contributed by atoms with Crippen LogP contribution in [0.2, 0.25) is 0 Å². The first-order chi connectivity index (χ1) is 9.95. The molecule has 0 aliphatic carbocycles. The van der Waals surface area contributed by atoms with Gasteiger partial charge in [-0.1, -0.05) is 45.2 Å². The van der Waals surface area contributed by atoms with E-state index in [4.69, 9.17) is 0 Å². The van der Waals surface area contributed by atoms with Crippen molar-refractivity contribution in [2.24, 2.45) is 0 Å². The quantitative estimate of drug-likeness (QED) is 0.398. The van der Waals surface area contributed by atoms with Crippen LogP contribution in [0.25, 0.3) is 0 Å². The Kier molecular flexibility index (Phi) is 6.77. The Bertz CT molecular complexity index is 572. The molecule has 0 N–H and O–H groups in total. The largest absolute Gasteiger partial charge is 0.289 e. The summed E-state index contributed by atoms with van der Waals surface area (Å²) < 4.78 is 26.5. The van der Waals surface area contributed by atoms with E-state index in [0.29, 0.717) is 13.1 Å². The highest BCUT2D eigenvalue weighted by molar-refractivity contribution is 7.89. The molecule has 0 saturated heterocycles. The molecule has 0 radical (unpaired) electrons. The number of benzene rings is 1. The van der Waals surface area contributed by atoms with Gasteiger partial charge in [-0.3, -0.25) is 10.1 Å². The maximum absolute atomic E-state index is 12.6. The summed E-state index contributed by atoms with van der Waals surface area (Å²) in [6.07, 6.45) is 3.85. The van der Waals surface area contributed by atoms with Crippen LogP contribution in [-0.4, -0.2) is 30.7 Å². The fourth-order valence-electron chi connectivity index (χ4n) is 2.13. The summed E-state index contributed by atoms with van der Waals surface area (Å²) >= 11 is 0. The number of unbranched alkanes of at least 4 members (excludes halogenated alkanes) is 3. The molecule has 0 heterocycles. The van der Waals surface area contributed by atoms with Gasteiger partial charge in [-0.05, 0) is 12.5 Å². The van der Waals surface area contributed by atoms with Crippen LogP contribution in [0.4, 0.5) is 5.69 Å². The number of hydrogen-bond donors (Lipinski definition) is 0. The van der Waals surface area contributed by atoms with Gasteiger partial charge >= 0.3 is 0 Å². The first kappa shape index (κ1) is 17.6. The fraction of sp³-hybridized carbons (Fsp3) is 0.571. The van der Waals surface area contributed by atoms with Crippen molar-refractivity contribution in [2.45, 2.75) is 44.4 Å². The lowest BCUT2D eigenvalue weighted by Gasteiger charge is -2.20. The smallest absolute Gasteiger partial charge is 0.258 e. The summed E-state index contributed by atoms with van der Waals surface area (Å²) in [6, 6.07) is 5.49. The Hall–Kier alpha value is -1.47. The number of nitro groups is 1. The Labute approximate surface area is 126 Å². The lowest BCUT2D eigenvalue weighted by Crippen LogP contribution is -2.32. The van der Waals surface area contributed by atoms with Crippen LogP contribution in [0.15, 0.2) is 29.2 Å². The van der Waals surface area contributed by atoms with Gasteiger partial charge in [-0.2, -0.15) is 4.31 Å². The van der Waals surface area contributed by atoms with Crippen LogP contribution in [0, 0.1) is 10.1 Å². The summed E-state index contributed by atoms with van der Waals surface area (Å²) in [5.41, 5.74) is -0.371. The molecule has 0 unspecified atom stereocenters. The highest BCUT2D eigenvalue weighted by Gasteiger charge is 2.29. The normalized spacial score (nSPS) is 11.8. The third-order valence-corrected chi connectivity index (χ3v) is 5.32. The van der Waals surface area contributed by atoms with Crippen LogP contribution >= 0.6 is 0 Å². The maximum Gasteiger partial charge on any atom is 0.289 e.